The van der Waals surface area contributed by atoms with Gasteiger partial charge < -0.3 is 4.74 Å². The number of aryl methyl sites for hydroxylation is 2. The van der Waals surface area contributed by atoms with Crippen molar-refractivity contribution < 1.29 is 4.74 Å². The molecule has 1 fully saturated rings. The summed E-state index contributed by atoms with van der Waals surface area (Å²) in [7, 11) is 0. The van der Waals surface area contributed by atoms with Crippen molar-refractivity contribution in [1.29, 1.82) is 0 Å². The maximum Gasteiger partial charge on any atom is 0.119 e. The maximum absolute atomic E-state index is 6.07. The number of rotatable bonds is 8. The fourth-order valence-electron chi connectivity index (χ4n) is 3.14. The Morgan fingerprint density at radius 2 is 1.80 bits per heavy atom. The highest BCUT2D eigenvalue weighted by atomic mass is 16.5. The SMILES string of the molecule is CCCCCCCc1ccc(OC2CCCC2)cc1C. The molecule has 0 atom stereocenters. The summed E-state index contributed by atoms with van der Waals surface area (Å²) in [6.45, 7) is 4.50. The molecule has 1 aliphatic carbocycles. The van der Waals surface area contributed by atoms with Gasteiger partial charge in [0.1, 0.15) is 5.75 Å². The minimum Gasteiger partial charge on any atom is -0.490 e. The molecule has 1 nitrogen and oxygen atoms in total. The van der Waals surface area contributed by atoms with Crippen LogP contribution in [-0.2, 0) is 6.42 Å². The molecule has 0 aromatic heterocycles. The Morgan fingerprint density at radius 1 is 1.05 bits per heavy atom. The summed E-state index contributed by atoms with van der Waals surface area (Å²) in [6, 6.07) is 6.69. The van der Waals surface area contributed by atoms with Gasteiger partial charge in [0.2, 0.25) is 0 Å². The van der Waals surface area contributed by atoms with Gasteiger partial charge in [-0.3, -0.25) is 0 Å². The van der Waals surface area contributed by atoms with Crippen LogP contribution < -0.4 is 4.74 Å². The number of benzene rings is 1. The van der Waals surface area contributed by atoms with Gasteiger partial charge >= 0.3 is 0 Å². The summed E-state index contributed by atoms with van der Waals surface area (Å²) in [5.74, 6) is 1.07. The van der Waals surface area contributed by atoms with E-state index < -0.39 is 0 Å². The third-order valence-corrected chi connectivity index (χ3v) is 4.47. The molecule has 112 valence electrons. The first-order chi connectivity index (χ1) is 9.79. The van der Waals surface area contributed by atoms with Crippen LogP contribution in [0.1, 0.15) is 75.8 Å². The van der Waals surface area contributed by atoms with Crippen molar-refractivity contribution in [2.24, 2.45) is 0 Å². The normalized spacial score (nSPS) is 15.7. The molecule has 1 heteroatoms. The van der Waals surface area contributed by atoms with Crippen molar-refractivity contribution in [2.75, 3.05) is 0 Å². The first-order valence-corrected chi connectivity index (χ1v) is 8.56. The minimum absolute atomic E-state index is 0.467. The Labute approximate surface area is 124 Å². The molecule has 0 heterocycles. The van der Waals surface area contributed by atoms with Gasteiger partial charge in [0.15, 0.2) is 0 Å². The molecule has 0 spiro atoms. The zero-order chi connectivity index (χ0) is 14.2. The van der Waals surface area contributed by atoms with E-state index in [0.717, 1.165) is 5.75 Å². The highest BCUT2D eigenvalue weighted by Gasteiger charge is 2.16. The predicted octanol–water partition coefficient (Wildman–Crippen LogP) is 5.83. The van der Waals surface area contributed by atoms with Crippen molar-refractivity contribution in [3.63, 3.8) is 0 Å². The van der Waals surface area contributed by atoms with E-state index in [1.165, 1.54) is 75.3 Å². The van der Waals surface area contributed by atoms with Gasteiger partial charge in [-0.15, -0.1) is 0 Å². The summed E-state index contributed by atoms with van der Waals surface area (Å²) >= 11 is 0. The topological polar surface area (TPSA) is 9.23 Å². The second kappa shape index (κ2) is 8.34. The van der Waals surface area contributed by atoms with Crippen LogP contribution in [0.25, 0.3) is 0 Å². The van der Waals surface area contributed by atoms with Gasteiger partial charge in [-0.05, 0) is 68.7 Å². The molecule has 0 N–H and O–H groups in total. The molecule has 0 aliphatic heterocycles. The summed E-state index contributed by atoms with van der Waals surface area (Å²) in [4.78, 5) is 0. The molecule has 0 amide bonds. The molecule has 0 radical (unpaired) electrons. The van der Waals surface area contributed by atoms with E-state index in [2.05, 4.69) is 32.0 Å². The van der Waals surface area contributed by atoms with Crippen molar-refractivity contribution in [3.05, 3.63) is 29.3 Å². The van der Waals surface area contributed by atoms with Crippen LogP contribution in [0, 0.1) is 6.92 Å². The van der Waals surface area contributed by atoms with E-state index in [4.69, 9.17) is 4.74 Å². The molecular weight excluding hydrogens is 244 g/mol. The van der Waals surface area contributed by atoms with Gasteiger partial charge in [0.05, 0.1) is 6.10 Å². The number of ether oxygens (including phenoxy) is 1. The van der Waals surface area contributed by atoms with Crippen molar-refractivity contribution in [1.82, 2.24) is 0 Å². The van der Waals surface area contributed by atoms with Crippen LogP contribution in [-0.4, -0.2) is 6.10 Å². The number of hydrogen-bond donors (Lipinski definition) is 0. The fourth-order valence-corrected chi connectivity index (χ4v) is 3.14. The average molecular weight is 274 g/mol. The van der Waals surface area contributed by atoms with Crippen LogP contribution in [0.15, 0.2) is 18.2 Å². The Bertz CT molecular complexity index is 391. The molecule has 0 saturated heterocycles. The standard InChI is InChI=1S/C19H30O/c1-3-4-5-6-7-10-17-13-14-19(15-16(17)2)20-18-11-8-9-12-18/h13-15,18H,3-12H2,1-2H3. The monoisotopic (exact) mass is 274 g/mol. The summed E-state index contributed by atoms with van der Waals surface area (Å²) in [6.07, 6.45) is 13.6. The number of hydrogen-bond acceptors (Lipinski definition) is 1. The van der Waals surface area contributed by atoms with Gasteiger partial charge in [-0.25, -0.2) is 0 Å². The third-order valence-electron chi connectivity index (χ3n) is 4.47. The molecule has 1 aliphatic rings. The van der Waals surface area contributed by atoms with E-state index in [9.17, 15) is 0 Å². The predicted molar refractivity (Wildman–Crippen MR) is 86.5 cm³/mol. The lowest BCUT2D eigenvalue weighted by atomic mass is 10.0. The van der Waals surface area contributed by atoms with Gasteiger partial charge in [-0.2, -0.15) is 0 Å². The minimum atomic E-state index is 0.467. The first kappa shape index (κ1) is 15.4. The largest absolute Gasteiger partial charge is 0.490 e. The smallest absolute Gasteiger partial charge is 0.119 e. The van der Waals surface area contributed by atoms with Crippen LogP contribution in [0.3, 0.4) is 0 Å². The summed E-state index contributed by atoms with van der Waals surface area (Å²) < 4.78 is 6.07. The summed E-state index contributed by atoms with van der Waals surface area (Å²) in [5, 5.41) is 0. The Kier molecular flexibility index (Phi) is 6.42. The molecule has 0 bridgehead atoms. The quantitative estimate of drug-likeness (QED) is 0.542. The zero-order valence-electron chi connectivity index (χ0n) is 13.3. The zero-order valence-corrected chi connectivity index (χ0v) is 13.3. The van der Waals surface area contributed by atoms with Crippen molar-refractivity contribution in [3.8, 4) is 5.75 Å². The maximum atomic E-state index is 6.07. The van der Waals surface area contributed by atoms with E-state index >= 15 is 0 Å². The molecule has 2 rings (SSSR count). The van der Waals surface area contributed by atoms with Gasteiger partial charge in [-0.1, -0.05) is 38.7 Å². The molecule has 1 saturated carbocycles. The second-order valence-electron chi connectivity index (χ2n) is 6.28. The molecule has 0 unspecified atom stereocenters. The lowest BCUT2D eigenvalue weighted by Gasteiger charge is -2.15. The highest BCUT2D eigenvalue weighted by Crippen LogP contribution is 2.26. The Morgan fingerprint density at radius 3 is 2.50 bits per heavy atom. The first-order valence-electron chi connectivity index (χ1n) is 8.56. The van der Waals surface area contributed by atoms with E-state index in [1.807, 2.05) is 0 Å². The van der Waals surface area contributed by atoms with E-state index in [1.54, 1.807) is 0 Å². The Hall–Kier alpha value is -0.980. The third kappa shape index (κ3) is 4.85. The second-order valence-corrected chi connectivity index (χ2v) is 6.28. The van der Waals surface area contributed by atoms with Crippen LogP contribution >= 0.6 is 0 Å². The molecule has 20 heavy (non-hydrogen) atoms. The summed E-state index contributed by atoms with van der Waals surface area (Å²) in [5.41, 5.74) is 2.90. The van der Waals surface area contributed by atoms with Crippen LogP contribution in [0.5, 0.6) is 5.75 Å². The molecule has 1 aromatic rings. The van der Waals surface area contributed by atoms with Gasteiger partial charge in [0.25, 0.3) is 0 Å². The average Bonchev–Trinajstić information content (AvgIpc) is 2.93. The number of unbranched alkanes of at least 4 members (excludes halogenated alkanes) is 4. The Balaban J connectivity index is 1.79. The van der Waals surface area contributed by atoms with Crippen LogP contribution in [0.4, 0.5) is 0 Å². The van der Waals surface area contributed by atoms with Crippen molar-refractivity contribution in [2.45, 2.75) is 84.2 Å². The van der Waals surface area contributed by atoms with E-state index in [0.29, 0.717) is 6.10 Å². The highest BCUT2D eigenvalue weighted by molar-refractivity contribution is 5.35. The van der Waals surface area contributed by atoms with Crippen molar-refractivity contribution >= 4 is 0 Å². The molecule has 1 aromatic carbocycles. The van der Waals surface area contributed by atoms with E-state index in [-0.39, 0.29) is 0 Å². The fraction of sp³-hybridized carbons (Fsp3) is 0.684. The lowest BCUT2D eigenvalue weighted by molar-refractivity contribution is 0.210. The molecular formula is C19H30O. The van der Waals surface area contributed by atoms with Gasteiger partial charge in [0, 0.05) is 0 Å². The van der Waals surface area contributed by atoms with Crippen LogP contribution in [0.2, 0.25) is 0 Å². The lowest BCUT2D eigenvalue weighted by Crippen LogP contribution is -2.11.